The van der Waals surface area contributed by atoms with Crippen LogP contribution < -0.4 is 10.3 Å². The summed E-state index contributed by atoms with van der Waals surface area (Å²) in [7, 11) is 0. The van der Waals surface area contributed by atoms with E-state index < -0.39 is 12.1 Å². The smallest absolute Gasteiger partial charge is 0.340 e. The minimum absolute atomic E-state index is 0.194. The van der Waals surface area contributed by atoms with Crippen molar-refractivity contribution in [3.05, 3.63) is 80.9 Å². The van der Waals surface area contributed by atoms with E-state index in [2.05, 4.69) is 0 Å². The number of carbonyl (C=O) groups is 1. The number of esters is 1. The van der Waals surface area contributed by atoms with Gasteiger partial charge in [-0.2, -0.15) is 0 Å². The molecule has 8 heteroatoms. The highest BCUT2D eigenvalue weighted by Crippen LogP contribution is 2.44. The average molecular weight is 456 g/mol. The van der Waals surface area contributed by atoms with Crippen molar-refractivity contribution in [1.82, 2.24) is 9.55 Å². The number of rotatable bonds is 1. The molecule has 3 aliphatic heterocycles. The molecular formula is C26H17FN2O5. The summed E-state index contributed by atoms with van der Waals surface area (Å²) in [6, 6.07) is 12.0. The highest BCUT2D eigenvalue weighted by atomic mass is 19.1. The van der Waals surface area contributed by atoms with Crippen LogP contribution in [0.4, 0.5) is 4.39 Å². The summed E-state index contributed by atoms with van der Waals surface area (Å²) in [4.78, 5) is 30.1. The summed E-state index contributed by atoms with van der Waals surface area (Å²) < 4.78 is 27.3. The molecule has 0 spiro atoms. The molecular weight excluding hydrogens is 439 g/mol. The van der Waals surface area contributed by atoms with Crippen molar-refractivity contribution in [2.24, 2.45) is 0 Å². The number of ether oxygens (including phenoxy) is 2. The Kier molecular flexibility index (Phi) is 3.85. The molecule has 34 heavy (non-hydrogen) atoms. The second kappa shape index (κ2) is 6.74. The van der Waals surface area contributed by atoms with Gasteiger partial charge in [-0.05, 0) is 23.8 Å². The number of nitrogens with zero attached hydrogens (tertiary/aromatic N) is 2. The topological polar surface area (TPSA) is 90.7 Å². The molecule has 1 unspecified atom stereocenters. The van der Waals surface area contributed by atoms with E-state index in [1.165, 1.54) is 6.07 Å². The molecule has 5 heterocycles. The first-order valence-corrected chi connectivity index (χ1v) is 11.0. The van der Waals surface area contributed by atoms with Gasteiger partial charge in [0, 0.05) is 40.1 Å². The maximum atomic E-state index is 15.1. The Morgan fingerprint density at radius 1 is 1.09 bits per heavy atom. The second-order valence-corrected chi connectivity index (χ2v) is 8.73. The first-order valence-electron chi connectivity index (χ1n) is 11.0. The van der Waals surface area contributed by atoms with Gasteiger partial charge in [0.15, 0.2) is 6.10 Å². The molecule has 3 aliphatic rings. The van der Waals surface area contributed by atoms with Gasteiger partial charge in [0.25, 0.3) is 5.56 Å². The van der Waals surface area contributed by atoms with Crippen LogP contribution in [0.1, 0.15) is 28.4 Å². The lowest BCUT2D eigenvalue weighted by molar-refractivity contribution is -0.157. The minimum Gasteiger partial charge on any atom is -0.493 e. The number of hydrogen-bond acceptors (Lipinski definition) is 6. The van der Waals surface area contributed by atoms with Crippen LogP contribution in [-0.4, -0.2) is 27.2 Å². The van der Waals surface area contributed by atoms with Gasteiger partial charge in [0.1, 0.15) is 18.2 Å². The Morgan fingerprint density at radius 2 is 1.94 bits per heavy atom. The molecule has 0 bridgehead atoms. The third-order valence-electron chi connectivity index (χ3n) is 6.91. The number of cyclic esters (lactones) is 1. The van der Waals surface area contributed by atoms with Crippen molar-refractivity contribution in [3.63, 3.8) is 0 Å². The number of fused-ring (bicyclic) bond motifs is 6. The van der Waals surface area contributed by atoms with Gasteiger partial charge < -0.3 is 19.1 Å². The fraction of sp³-hybridized carbons (Fsp3) is 0.192. The maximum Gasteiger partial charge on any atom is 0.340 e. The van der Waals surface area contributed by atoms with E-state index in [0.29, 0.717) is 34.6 Å². The maximum absolute atomic E-state index is 15.1. The van der Waals surface area contributed by atoms with E-state index >= 15 is 4.39 Å². The Bertz CT molecular complexity index is 1640. The summed E-state index contributed by atoms with van der Waals surface area (Å²) in [6.07, 6.45) is -0.772. The summed E-state index contributed by atoms with van der Waals surface area (Å²) >= 11 is 0. The molecule has 168 valence electrons. The van der Waals surface area contributed by atoms with Gasteiger partial charge in [-0.15, -0.1) is 0 Å². The van der Waals surface area contributed by atoms with E-state index in [1.807, 2.05) is 12.1 Å². The lowest BCUT2D eigenvalue weighted by Crippen LogP contribution is -2.32. The number of hydrogen-bond donors (Lipinski definition) is 1. The molecule has 0 aliphatic carbocycles. The lowest BCUT2D eigenvalue weighted by Gasteiger charge is -2.21. The van der Waals surface area contributed by atoms with Crippen LogP contribution >= 0.6 is 0 Å². The first kappa shape index (κ1) is 19.4. The summed E-state index contributed by atoms with van der Waals surface area (Å²) in [5, 5.41) is 11.2. The molecule has 0 saturated carbocycles. The van der Waals surface area contributed by atoms with E-state index in [1.54, 1.807) is 28.8 Å². The van der Waals surface area contributed by atoms with Crippen molar-refractivity contribution in [3.8, 4) is 28.3 Å². The van der Waals surface area contributed by atoms with Crippen LogP contribution in [0.3, 0.4) is 0 Å². The normalized spacial score (nSPS) is 17.6. The van der Waals surface area contributed by atoms with E-state index in [-0.39, 0.29) is 35.7 Å². The lowest BCUT2D eigenvalue weighted by atomic mass is 9.92. The number of benzene rings is 2. The number of aliphatic hydroxyl groups is 1. The molecule has 2 aromatic carbocycles. The van der Waals surface area contributed by atoms with Crippen molar-refractivity contribution < 1.29 is 23.8 Å². The first-order chi connectivity index (χ1) is 16.5. The summed E-state index contributed by atoms with van der Waals surface area (Å²) in [5.74, 6) is -0.411. The number of halogens is 1. The fourth-order valence-corrected chi connectivity index (χ4v) is 5.27. The van der Waals surface area contributed by atoms with Crippen molar-refractivity contribution in [1.29, 1.82) is 0 Å². The SMILES string of the molecule is O=C1OCc2c(cc3n(c2=O)Cc2c-3nc3cc4c(cc3c2-c2ccccc2F)CCO4)C1O. The van der Waals surface area contributed by atoms with E-state index in [4.69, 9.17) is 14.5 Å². The van der Waals surface area contributed by atoms with Crippen LogP contribution in [0.2, 0.25) is 0 Å². The monoisotopic (exact) mass is 456 g/mol. The van der Waals surface area contributed by atoms with Crippen LogP contribution in [0.15, 0.2) is 47.3 Å². The molecule has 7 rings (SSSR count). The molecule has 0 amide bonds. The van der Waals surface area contributed by atoms with Crippen molar-refractivity contribution in [2.45, 2.75) is 25.7 Å². The number of aromatic nitrogens is 2. The zero-order chi connectivity index (χ0) is 23.1. The summed E-state index contributed by atoms with van der Waals surface area (Å²) in [6.45, 7) is 0.583. The Balaban J connectivity index is 1.58. The molecule has 2 aromatic heterocycles. The highest BCUT2D eigenvalue weighted by Gasteiger charge is 2.35. The third kappa shape index (κ3) is 2.51. The van der Waals surface area contributed by atoms with E-state index in [0.717, 1.165) is 28.7 Å². The molecule has 1 N–H and O–H groups in total. The predicted molar refractivity (Wildman–Crippen MR) is 120 cm³/mol. The largest absolute Gasteiger partial charge is 0.493 e. The van der Waals surface area contributed by atoms with E-state index in [9.17, 15) is 14.7 Å². The molecule has 4 aromatic rings. The van der Waals surface area contributed by atoms with Crippen LogP contribution in [-0.2, 0) is 29.1 Å². The van der Waals surface area contributed by atoms with Crippen LogP contribution in [0.5, 0.6) is 5.75 Å². The zero-order valence-electron chi connectivity index (χ0n) is 17.8. The Labute approximate surface area is 192 Å². The molecule has 1 atom stereocenters. The van der Waals surface area contributed by atoms with Gasteiger partial charge in [-0.25, -0.2) is 14.2 Å². The minimum atomic E-state index is -1.53. The average Bonchev–Trinajstić information content (AvgIpc) is 3.44. The summed E-state index contributed by atoms with van der Waals surface area (Å²) in [5.41, 5.74) is 4.60. The van der Waals surface area contributed by atoms with Crippen LogP contribution in [0.25, 0.3) is 33.4 Å². The second-order valence-electron chi connectivity index (χ2n) is 8.73. The molecule has 7 nitrogen and oxygen atoms in total. The quantitative estimate of drug-likeness (QED) is 0.390. The van der Waals surface area contributed by atoms with Gasteiger partial charge in [-0.3, -0.25) is 4.79 Å². The molecule has 0 fully saturated rings. The van der Waals surface area contributed by atoms with Crippen molar-refractivity contribution in [2.75, 3.05) is 6.61 Å². The molecule has 0 saturated heterocycles. The third-order valence-corrected chi connectivity index (χ3v) is 6.91. The standard InChI is InChI=1S/C26H17FN2O5/c27-18-4-2-1-3-13(18)22-15-7-12-5-6-33-21(12)9-19(15)28-23-16(22)10-29-20(23)8-14-17(25(29)31)11-34-26(32)24(14)30/h1-4,7-9,24,30H,5-6,10-11H2. The Hall–Kier alpha value is -4.04. The van der Waals surface area contributed by atoms with Crippen molar-refractivity contribution >= 4 is 16.9 Å². The number of aliphatic hydroxyl groups excluding tert-OH is 1. The van der Waals surface area contributed by atoms with Gasteiger partial charge in [-0.1, -0.05) is 18.2 Å². The highest BCUT2D eigenvalue weighted by molar-refractivity contribution is 6.01. The Morgan fingerprint density at radius 3 is 2.79 bits per heavy atom. The fourth-order valence-electron chi connectivity index (χ4n) is 5.27. The van der Waals surface area contributed by atoms with Crippen LogP contribution in [0, 0.1) is 5.82 Å². The van der Waals surface area contributed by atoms with Gasteiger partial charge >= 0.3 is 5.97 Å². The number of pyridine rings is 2. The predicted octanol–water partition coefficient (Wildman–Crippen LogP) is 3.26. The number of carbonyl (C=O) groups excluding carboxylic acids is 1. The molecule has 0 radical (unpaired) electrons. The van der Waals surface area contributed by atoms with Gasteiger partial charge in [0.05, 0.1) is 35.6 Å². The zero-order valence-corrected chi connectivity index (χ0v) is 17.8. The van der Waals surface area contributed by atoms with Gasteiger partial charge in [0.2, 0.25) is 0 Å².